The van der Waals surface area contributed by atoms with Gasteiger partial charge in [-0.1, -0.05) is 224 Å². The molecule has 1 aliphatic carbocycles. The van der Waals surface area contributed by atoms with E-state index < -0.39 is 0 Å². The SMILES string of the molecule is c1ccc(-c2nc(-c3ccc(-c4ccc(-c5ccc6c7c(cccc57)-c5c-6c(-c6ccccc6)c6ccccc6c5-c5ccccc5)cc4)cc3)cc(-c3ccccc3-c3cccnc3)n2)cc1. The lowest BCUT2D eigenvalue weighted by Gasteiger charge is -2.20. The molecule has 0 atom stereocenters. The molecule has 0 aliphatic heterocycles. The van der Waals surface area contributed by atoms with Crippen LogP contribution < -0.4 is 0 Å². The largest absolute Gasteiger partial charge is 0.264 e. The van der Waals surface area contributed by atoms with Gasteiger partial charge in [-0.05, 0) is 106 Å². The summed E-state index contributed by atoms with van der Waals surface area (Å²) in [5.74, 6) is 0.687. The van der Waals surface area contributed by atoms with Crippen molar-refractivity contribution in [3.8, 4) is 112 Å². The molecule has 3 nitrogen and oxygen atoms in total. The van der Waals surface area contributed by atoms with Gasteiger partial charge in [0, 0.05) is 34.6 Å². The highest BCUT2D eigenvalue weighted by Crippen LogP contribution is 2.58. The first-order valence-electron chi connectivity index (χ1n) is 23.2. The normalized spacial score (nSPS) is 11.5. The molecule has 1 aliphatic rings. The molecule has 0 bridgehead atoms. The summed E-state index contributed by atoms with van der Waals surface area (Å²) < 4.78 is 0. The Balaban J connectivity index is 0.881. The number of aromatic nitrogens is 3. The van der Waals surface area contributed by atoms with Crippen LogP contribution in [0, 0.1) is 0 Å². The van der Waals surface area contributed by atoms with Gasteiger partial charge >= 0.3 is 0 Å². The van der Waals surface area contributed by atoms with E-state index in [1.807, 2.05) is 30.5 Å². The van der Waals surface area contributed by atoms with E-state index in [1.54, 1.807) is 6.20 Å². The molecule has 0 N–H and O–H groups in total. The summed E-state index contributed by atoms with van der Waals surface area (Å²) >= 11 is 0. The van der Waals surface area contributed by atoms with Crippen LogP contribution in [0.4, 0.5) is 0 Å². The van der Waals surface area contributed by atoms with Gasteiger partial charge in [0.05, 0.1) is 11.4 Å². The van der Waals surface area contributed by atoms with Crippen molar-refractivity contribution in [3.05, 3.63) is 249 Å². The van der Waals surface area contributed by atoms with Crippen LogP contribution in [0.25, 0.3) is 133 Å². The minimum atomic E-state index is 0.687. The fourth-order valence-corrected chi connectivity index (χ4v) is 10.5. The standard InChI is InChI=1S/C65H41N3/c1-4-16-46(17-5-1)60-54-25-12-13-26-55(54)61(47-18-6-2-7-19-47)64-57-38-37-51(53-27-14-28-56(62(53)57)63(60)64)44-33-29-42(30-34-44)43-31-35-45(36-32-43)58-40-59(68-65(67-58)48-20-8-3-9-21-48)52-24-11-10-23-50(52)49-22-15-39-66-41-49/h1-41H. The Bertz CT molecular complexity index is 3760. The van der Waals surface area contributed by atoms with Crippen molar-refractivity contribution in [1.82, 2.24) is 15.0 Å². The van der Waals surface area contributed by atoms with Crippen LogP contribution in [0.3, 0.4) is 0 Å². The fraction of sp³-hybridized carbons (Fsp3) is 0. The van der Waals surface area contributed by atoms with Crippen LogP contribution in [0.15, 0.2) is 249 Å². The zero-order chi connectivity index (χ0) is 45.0. The Labute approximate surface area is 395 Å². The molecular formula is C65H41N3. The van der Waals surface area contributed by atoms with Gasteiger partial charge in [-0.25, -0.2) is 9.97 Å². The second kappa shape index (κ2) is 16.4. The number of fused-ring (bicyclic) bond motifs is 4. The molecule has 3 heteroatoms. The highest BCUT2D eigenvalue weighted by atomic mass is 14.9. The first-order chi connectivity index (χ1) is 33.7. The topological polar surface area (TPSA) is 38.7 Å². The Morgan fingerprint density at radius 2 is 0.721 bits per heavy atom. The average Bonchev–Trinajstić information content (AvgIpc) is 3.75. The van der Waals surface area contributed by atoms with Crippen LogP contribution in [0.1, 0.15) is 0 Å². The monoisotopic (exact) mass is 863 g/mol. The molecule has 0 saturated heterocycles. The molecule has 13 rings (SSSR count). The number of pyridine rings is 1. The van der Waals surface area contributed by atoms with Gasteiger partial charge < -0.3 is 0 Å². The first-order valence-corrected chi connectivity index (χ1v) is 23.2. The summed E-state index contributed by atoms with van der Waals surface area (Å²) in [7, 11) is 0. The lowest BCUT2D eigenvalue weighted by atomic mass is 9.82. The van der Waals surface area contributed by atoms with E-state index in [2.05, 4.69) is 217 Å². The number of rotatable bonds is 8. The number of hydrogen-bond donors (Lipinski definition) is 0. The minimum absolute atomic E-state index is 0.687. The zero-order valence-electron chi connectivity index (χ0n) is 37.0. The maximum atomic E-state index is 5.14. The molecule has 10 aromatic carbocycles. The van der Waals surface area contributed by atoms with Crippen LogP contribution in [-0.4, -0.2) is 15.0 Å². The molecular weight excluding hydrogens is 823 g/mol. The molecule has 0 radical (unpaired) electrons. The lowest BCUT2D eigenvalue weighted by Crippen LogP contribution is -1.97. The quantitative estimate of drug-likeness (QED) is 0.153. The third-order valence-corrected chi connectivity index (χ3v) is 13.6. The van der Waals surface area contributed by atoms with E-state index in [0.717, 1.165) is 50.3 Å². The molecule has 0 spiro atoms. The van der Waals surface area contributed by atoms with Crippen molar-refractivity contribution in [2.45, 2.75) is 0 Å². The summed E-state index contributed by atoms with van der Waals surface area (Å²) in [5.41, 5.74) is 21.8. The van der Waals surface area contributed by atoms with E-state index in [1.165, 1.54) is 77.2 Å². The van der Waals surface area contributed by atoms with Gasteiger partial charge in [-0.2, -0.15) is 0 Å². The maximum absolute atomic E-state index is 5.14. The molecule has 0 amide bonds. The molecule has 0 saturated carbocycles. The lowest BCUT2D eigenvalue weighted by molar-refractivity contribution is 1.18. The minimum Gasteiger partial charge on any atom is -0.264 e. The summed E-state index contributed by atoms with van der Waals surface area (Å²) in [6.45, 7) is 0. The van der Waals surface area contributed by atoms with Crippen molar-refractivity contribution in [2.75, 3.05) is 0 Å². The predicted octanol–water partition coefficient (Wildman–Crippen LogP) is 17.2. The highest BCUT2D eigenvalue weighted by molar-refractivity contribution is 6.28. The van der Waals surface area contributed by atoms with Crippen LogP contribution in [-0.2, 0) is 0 Å². The van der Waals surface area contributed by atoms with Gasteiger partial charge in [0.15, 0.2) is 5.82 Å². The van der Waals surface area contributed by atoms with Crippen molar-refractivity contribution < 1.29 is 0 Å². The van der Waals surface area contributed by atoms with Crippen molar-refractivity contribution in [2.24, 2.45) is 0 Å². The predicted molar refractivity (Wildman–Crippen MR) is 283 cm³/mol. The van der Waals surface area contributed by atoms with Gasteiger partial charge in [0.2, 0.25) is 0 Å². The summed E-state index contributed by atoms with van der Waals surface area (Å²) in [6.07, 6.45) is 3.71. The van der Waals surface area contributed by atoms with Gasteiger partial charge in [0.1, 0.15) is 0 Å². The van der Waals surface area contributed by atoms with Crippen LogP contribution >= 0.6 is 0 Å². The van der Waals surface area contributed by atoms with E-state index in [0.29, 0.717) is 5.82 Å². The van der Waals surface area contributed by atoms with Crippen molar-refractivity contribution in [1.29, 1.82) is 0 Å². The fourth-order valence-electron chi connectivity index (χ4n) is 10.5. The Morgan fingerprint density at radius 1 is 0.250 bits per heavy atom. The Morgan fingerprint density at radius 3 is 1.34 bits per heavy atom. The second-order valence-electron chi connectivity index (χ2n) is 17.4. The summed E-state index contributed by atoms with van der Waals surface area (Å²) in [4.78, 5) is 14.7. The van der Waals surface area contributed by atoms with Gasteiger partial charge in [-0.3, -0.25) is 4.98 Å². The molecule has 0 unspecified atom stereocenters. The number of benzene rings is 10. The van der Waals surface area contributed by atoms with Crippen LogP contribution in [0.5, 0.6) is 0 Å². The number of hydrogen-bond acceptors (Lipinski definition) is 3. The first kappa shape index (κ1) is 39.3. The summed E-state index contributed by atoms with van der Waals surface area (Å²) in [5, 5.41) is 5.11. The Kier molecular flexibility index (Phi) is 9.50. The zero-order valence-corrected chi connectivity index (χ0v) is 37.0. The van der Waals surface area contributed by atoms with Crippen molar-refractivity contribution in [3.63, 3.8) is 0 Å². The molecule has 2 heterocycles. The third kappa shape index (κ3) is 6.63. The van der Waals surface area contributed by atoms with Gasteiger partial charge in [0.25, 0.3) is 0 Å². The average molecular weight is 864 g/mol. The molecule has 68 heavy (non-hydrogen) atoms. The molecule has 2 aromatic heterocycles. The van der Waals surface area contributed by atoms with Crippen molar-refractivity contribution >= 4 is 21.5 Å². The smallest absolute Gasteiger partial charge is 0.160 e. The third-order valence-electron chi connectivity index (χ3n) is 13.6. The van der Waals surface area contributed by atoms with E-state index in [9.17, 15) is 0 Å². The second-order valence-corrected chi connectivity index (χ2v) is 17.4. The van der Waals surface area contributed by atoms with E-state index >= 15 is 0 Å². The van der Waals surface area contributed by atoms with E-state index in [-0.39, 0.29) is 0 Å². The molecule has 0 fully saturated rings. The Hall–Kier alpha value is -9.05. The maximum Gasteiger partial charge on any atom is 0.160 e. The van der Waals surface area contributed by atoms with Crippen LogP contribution in [0.2, 0.25) is 0 Å². The van der Waals surface area contributed by atoms with Gasteiger partial charge in [-0.15, -0.1) is 0 Å². The number of nitrogens with zero attached hydrogens (tertiary/aromatic N) is 3. The molecule has 12 aromatic rings. The molecule has 316 valence electrons. The van der Waals surface area contributed by atoms with E-state index in [4.69, 9.17) is 9.97 Å². The highest BCUT2D eigenvalue weighted by Gasteiger charge is 2.31. The summed E-state index contributed by atoms with van der Waals surface area (Å²) in [6, 6.07) is 85.0.